The number of benzene rings is 1. The van der Waals surface area contributed by atoms with E-state index in [9.17, 15) is 19.7 Å². The average Bonchev–Trinajstić information content (AvgIpc) is 2.94. The summed E-state index contributed by atoms with van der Waals surface area (Å²) in [7, 11) is 0. The summed E-state index contributed by atoms with van der Waals surface area (Å²) in [5, 5.41) is 13.7. The van der Waals surface area contributed by atoms with Crippen LogP contribution in [0.5, 0.6) is 5.75 Å². The molecule has 0 aliphatic heterocycles. The molecule has 1 N–H and O–H groups in total. The second kappa shape index (κ2) is 8.25. The molecule has 1 heterocycles. The summed E-state index contributed by atoms with van der Waals surface area (Å²) in [6.45, 7) is 3.50. The van der Waals surface area contributed by atoms with Crippen LogP contribution in [0.15, 0.2) is 30.3 Å². The fourth-order valence-electron chi connectivity index (χ4n) is 1.93. The molecule has 0 aliphatic rings. The van der Waals surface area contributed by atoms with Crippen molar-refractivity contribution in [1.82, 2.24) is 0 Å². The number of anilines is 1. The number of hydrogen-bond acceptors (Lipinski definition) is 7. The predicted octanol–water partition coefficient (Wildman–Crippen LogP) is 3.16. The normalized spacial score (nSPS) is 10.2. The molecule has 9 heteroatoms. The van der Waals surface area contributed by atoms with Gasteiger partial charge in [0.15, 0.2) is 6.61 Å². The van der Waals surface area contributed by atoms with Gasteiger partial charge in [0, 0.05) is 12.1 Å². The van der Waals surface area contributed by atoms with Crippen molar-refractivity contribution in [2.75, 3.05) is 18.5 Å². The molecule has 0 radical (unpaired) electrons. The van der Waals surface area contributed by atoms with Gasteiger partial charge < -0.3 is 14.8 Å². The van der Waals surface area contributed by atoms with E-state index in [4.69, 9.17) is 9.47 Å². The van der Waals surface area contributed by atoms with Gasteiger partial charge in [0.2, 0.25) is 0 Å². The topological polar surface area (TPSA) is 108 Å². The van der Waals surface area contributed by atoms with Crippen molar-refractivity contribution in [3.63, 3.8) is 0 Å². The molecule has 25 heavy (non-hydrogen) atoms. The third-order valence-corrected chi connectivity index (χ3v) is 4.19. The summed E-state index contributed by atoms with van der Waals surface area (Å²) in [6, 6.07) is 7.10. The quantitative estimate of drug-likeness (QED) is 0.459. The van der Waals surface area contributed by atoms with Gasteiger partial charge in [-0.3, -0.25) is 14.9 Å². The molecule has 8 nitrogen and oxygen atoms in total. The molecule has 2 aromatic rings. The van der Waals surface area contributed by atoms with Gasteiger partial charge >= 0.3 is 5.97 Å². The monoisotopic (exact) mass is 364 g/mol. The molecule has 1 amide bonds. The standard InChI is InChI=1S/C16H16N2O6S/c1-3-23-16(20)15-10(2)8-14(25-15)17-13(19)9-24-12-6-4-11(5-7-12)18(21)22/h4-8H,3,9H2,1-2H3,(H,17,19). The number of rotatable bonds is 7. The third-order valence-electron chi connectivity index (χ3n) is 3.06. The molecular weight excluding hydrogens is 348 g/mol. The van der Waals surface area contributed by atoms with Crippen LogP contribution in [0.2, 0.25) is 0 Å². The van der Waals surface area contributed by atoms with E-state index < -0.39 is 16.8 Å². The SMILES string of the molecule is CCOC(=O)c1sc(NC(=O)COc2ccc([N+](=O)[O-])cc2)cc1C. The van der Waals surface area contributed by atoms with E-state index in [1.165, 1.54) is 24.3 Å². The van der Waals surface area contributed by atoms with Gasteiger partial charge in [-0.25, -0.2) is 4.79 Å². The van der Waals surface area contributed by atoms with Gasteiger partial charge in [0.25, 0.3) is 11.6 Å². The fourth-order valence-corrected chi connectivity index (χ4v) is 2.91. The minimum Gasteiger partial charge on any atom is -0.484 e. The maximum atomic E-state index is 11.9. The molecule has 0 aliphatic carbocycles. The first-order valence-electron chi connectivity index (χ1n) is 7.35. The zero-order valence-electron chi connectivity index (χ0n) is 13.6. The predicted molar refractivity (Wildman–Crippen MR) is 92.2 cm³/mol. The lowest BCUT2D eigenvalue weighted by Gasteiger charge is -2.05. The van der Waals surface area contributed by atoms with Crippen LogP contribution in [0.25, 0.3) is 0 Å². The lowest BCUT2D eigenvalue weighted by molar-refractivity contribution is -0.384. The summed E-state index contributed by atoms with van der Waals surface area (Å²) in [5.41, 5.74) is 0.660. The zero-order valence-corrected chi connectivity index (χ0v) is 14.4. The third kappa shape index (κ3) is 5.01. The van der Waals surface area contributed by atoms with E-state index in [0.29, 0.717) is 15.6 Å². The molecule has 132 valence electrons. The Hall–Kier alpha value is -2.94. The second-order valence-electron chi connectivity index (χ2n) is 4.93. The number of nitrogens with zero attached hydrogens (tertiary/aromatic N) is 1. The Morgan fingerprint density at radius 2 is 1.96 bits per heavy atom. The number of ether oxygens (including phenoxy) is 2. The number of nitro benzene ring substituents is 1. The Balaban J connectivity index is 1.91. The van der Waals surface area contributed by atoms with Crippen molar-refractivity contribution in [1.29, 1.82) is 0 Å². The minimum absolute atomic E-state index is 0.0580. The lowest BCUT2D eigenvalue weighted by atomic mass is 10.3. The number of hydrogen-bond donors (Lipinski definition) is 1. The van der Waals surface area contributed by atoms with Gasteiger partial charge in [0.05, 0.1) is 16.5 Å². The van der Waals surface area contributed by atoms with Crippen LogP contribution in [0.4, 0.5) is 10.7 Å². The summed E-state index contributed by atoms with van der Waals surface area (Å²) in [6.07, 6.45) is 0. The highest BCUT2D eigenvalue weighted by atomic mass is 32.1. The van der Waals surface area contributed by atoms with Gasteiger partial charge in [-0.2, -0.15) is 0 Å². The molecule has 1 aromatic heterocycles. The summed E-state index contributed by atoms with van der Waals surface area (Å²) < 4.78 is 10.2. The highest BCUT2D eigenvalue weighted by Crippen LogP contribution is 2.27. The zero-order chi connectivity index (χ0) is 18.4. The number of thiophene rings is 1. The van der Waals surface area contributed by atoms with Crippen LogP contribution >= 0.6 is 11.3 Å². The van der Waals surface area contributed by atoms with Crippen molar-refractivity contribution >= 4 is 33.9 Å². The van der Waals surface area contributed by atoms with Gasteiger partial charge in [0.1, 0.15) is 10.6 Å². The number of esters is 1. The number of nitrogens with one attached hydrogen (secondary N) is 1. The van der Waals surface area contributed by atoms with Gasteiger partial charge in [-0.1, -0.05) is 0 Å². The van der Waals surface area contributed by atoms with Crippen LogP contribution in [0, 0.1) is 17.0 Å². The molecular formula is C16H16N2O6S. The first-order chi connectivity index (χ1) is 11.9. The number of nitro groups is 1. The van der Waals surface area contributed by atoms with Gasteiger partial charge in [-0.15, -0.1) is 11.3 Å². The molecule has 0 atom stereocenters. The molecule has 0 spiro atoms. The first-order valence-corrected chi connectivity index (χ1v) is 8.17. The Kier molecular flexibility index (Phi) is 6.07. The summed E-state index contributed by atoms with van der Waals surface area (Å²) in [5.74, 6) is -0.488. The number of carbonyl (C=O) groups excluding carboxylic acids is 2. The average molecular weight is 364 g/mol. The highest BCUT2D eigenvalue weighted by Gasteiger charge is 2.16. The molecule has 0 saturated carbocycles. The molecule has 0 bridgehead atoms. The fraction of sp³-hybridized carbons (Fsp3) is 0.250. The highest BCUT2D eigenvalue weighted by molar-refractivity contribution is 7.18. The van der Waals surface area contributed by atoms with Crippen LogP contribution in [0.3, 0.4) is 0 Å². The van der Waals surface area contributed by atoms with E-state index in [2.05, 4.69) is 5.32 Å². The van der Waals surface area contributed by atoms with Crippen LogP contribution in [0.1, 0.15) is 22.2 Å². The summed E-state index contributed by atoms with van der Waals surface area (Å²) >= 11 is 1.13. The maximum absolute atomic E-state index is 11.9. The largest absolute Gasteiger partial charge is 0.484 e. The van der Waals surface area contributed by atoms with E-state index in [1.54, 1.807) is 19.9 Å². The van der Waals surface area contributed by atoms with E-state index in [1.807, 2.05) is 0 Å². The van der Waals surface area contributed by atoms with Crippen LogP contribution in [-0.2, 0) is 9.53 Å². The molecule has 0 fully saturated rings. The van der Waals surface area contributed by atoms with Crippen molar-refractivity contribution in [2.24, 2.45) is 0 Å². The molecule has 1 aromatic carbocycles. The van der Waals surface area contributed by atoms with E-state index >= 15 is 0 Å². The molecule has 0 unspecified atom stereocenters. The molecule has 2 rings (SSSR count). The van der Waals surface area contributed by atoms with E-state index in [0.717, 1.165) is 16.9 Å². The van der Waals surface area contributed by atoms with E-state index in [-0.39, 0.29) is 18.9 Å². The van der Waals surface area contributed by atoms with Crippen molar-refractivity contribution in [3.05, 3.63) is 50.9 Å². The maximum Gasteiger partial charge on any atom is 0.348 e. The van der Waals surface area contributed by atoms with Crippen molar-refractivity contribution < 1.29 is 24.0 Å². The Morgan fingerprint density at radius 3 is 2.56 bits per heavy atom. The van der Waals surface area contributed by atoms with Gasteiger partial charge in [-0.05, 0) is 37.6 Å². The summed E-state index contributed by atoms with van der Waals surface area (Å²) in [4.78, 5) is 34.2. The van der Waals surface area contributed by atoms with Crippen LogP contribution in [-0.4, -0.2) is 30.0 Å². The number of amides is 1. The Labute approximate surface area is 147 Å². The Bertz CT molecular complexity index is 784. The van der Waals surface area contributed by atoms with Crippen molar-refractivity contribution in [2.45, 2.75) is 13.8 Å². The second-order valence-corrected chi connectivity index (χ2v) is 5.98. The first kappa shape index (κ1) is 18.4. The number of non-ortho nitro benzene ring substituents is 1. The number of aryl methyl sites for hydroxylation is 1. The smallest absolute Gasteiger partial charge is 0.348 e. The Morgan fingerprint density at radius 1 is 1.28 bits per heavy atom. The lowest BCUT2D eigenvalue weighted by Crippen LogP contribution is -2.19. The molecule has 0 saturated heterocycles. The van der Waals surface area contributed by atoms with Crippen molar-refractivity contribution in [3.8, 4) is 5.75 Å². The minimum atomic E-state index is -0.517. The number of carbonyl (C=O) groups is 2. The van der Waals surface area contributed by atoms with Crippen LogP contribution < -0.4 is 10.1 Å².